The smallest absolute Gasteiger partial charge is 0.238 e. The zero-order chi connectivity index (χ0) is 12.2. The Morgan fingerprint density at radius 1 is 1.25 bits per heavy atom. The van der Waals surface area contributed by atoms with Crippen LogP contribution in [0, 0.1) is 0 Å². The van der Waals surface area contributed by atoms with Gasteiger partial charge in [0.1, 0.15) is 0 Å². The number of primary amides is 1. The number of rotatable bonds is 5. The van der Waals surface area contributed by atoms with Crippen molar-refractivity contribution < 1.29 is 13.2 Å². The van der Waals surface area contributed by atoms with Gasteiger partial charge in [-0.25, -0.2) is 8.42 Å². The zero-order valence-electron chi connectivity index (χ0n) is 9.87. The number of hydrogen-bond acceptors (Lipinski definition) is 3. The van der Waals surface area contributed by atoms with Crippen molar-refractivity contribution in [2.24, 2.45) is 5.73 Å². The van der Waals surface area contributed by atoms with E-state index < -0.39 is 20.5 Å². The molecule has 0 radical (unpaired) electrons. The fraction of sp³-hybridized carbons (Fsp3) is 0.909. The summed E-state index contributed by atoms with van der Waals surface area (Å²) in [5, 5.41) is 0. The minimum Gasteiger partial charge on any atom is -0.368 e. The topological polar surface area (TPSA) is 77.2 Å². The third kappa shape index (κ3) is 2.39. The molecule has 0 aromatic rings. The summed E-state index contributed by atoms with van der Waals surface area (Å²) in [6.07, 6.45) is 4.81. The lowest BCUT2D eigenvalue weighted by Gasteiger charge is -2.33. The van der Waals surface area contributed by atoms with Crippen LogP contribution in [0.25, 0.3) is 0 Å². The van der Waals surface area contributed by atoms with Crippen LogP contribution in [0.2, 0.25) is 0 Å². The summed E-state index contributed by atoms with van der Waals surface area (Å²) < 4.78 is 23.2. The van der Waals surface area contributed by atoms with Gasteiger partial charge in [-0.1, -0.05) is 32.6 Å². The molecule has 1 fully saturated rings. The van der Waals surface area contributed by atoms with Gasteiger partial charge in [-0.3, -0.25) is 4.79 Å². The minimum atomic E-state index is -3.38. The predicted molar refractivity (Wildman–Crippen MR) is 63.7 cm³/mol. The SMILES string of the molecule is CCCCS(=O)(=O)C1(C(N)=O)CCCCC1. The van der Waals surface area contributed by atoms with E-state index in [1.165, 1.54) is 0 Å². The second-order valence-corrected chi connectivity index (χ2v) is 7.01. The second-order valence-electron chi connectivity index (χ2n) is 4.59. The van der Waals surface area contributed by atoms with E-state index in [2.05, 4.69) is 0 Å². The number of hydrogen-bond donors (Lipinski definition) is 1. The normalized spacial score (nSPS) is 20.6. The van der Waals surface area contributed by atoms with Gasteiger partial charge in [0.2, 0.25) is 5.91 Å². The molecule has 0 aromatic heterocycles. The quantitative estimate of drug-likeness (QED) is 0.797. The van der Waals surface area contributed by atoms with Gasteiger partial charge in [0.25, 0.3) is 0 Å². The number of carbonyl (C=O) groups is 1. The number of carbonyl (C=O) groups excluding carboxylic acids is 1. The maximum Gasteiger partial charge on any atom is 0.238 e. The van der Waals surface area contributed by atoms with Crippen LogP contribution < -0.4 is 5.73 Å². The molecular formula is C11H21NO3S. The Morgan fingerprint density at radius 2 is 1.81 bits per heavy atom. The van der Waals surface area contributed by atoms with Crippen molar-refractivity contribution in [2.45, 2.75) is 56.6 Å². The van der Waals surface area contributed by atoms with E-state index in [0.29, 0.717) is 19.3 Å². The maximum absolute atomic E-state index is 12.2. The summed E-state index contributed by atoms with van der Waals surface area (Å²) in [5.74, 6) is -0.560. The van der Waals surface area contributed by atoms with E-state index in [1.54, 1.807) is 0 Å². The van der Waals surface area contributed by atoms with Gasteiger partial charge in [-0.2, -0.15) is 0 Å². The summed E-state index contributed by atoms with van der Waals surface area (Å²) in [6, 6.07) is 0. The van der Waals surface area contributed by atoms with Crippen molar-refractivity contribution in [3.8, 4) is 0 Å². The number of unbranched alkanes of at least 4 members (excludes halogenated alkanes) is 1. The van der Waals surface area contributed by atoms with Gasteiger partial charge in [-0.05, 0) is 19.3 Å². The molecular weight excluding hydrogens is 226 g/mol. The van der Waals surface area contributed by atoms with Gasteiger partial charge in [0.15, 0.2) is 14.6 Å². The molecule has 1 rings (SSSR count). The molecule has 0 aromatic carbocycles. The molecule has 0 unspecified atom stereocenters. The summed E-state index contributed by atoms with van der Waals surface area (Å²) in [7, 11) is -3.38. The van der Waals surface area contributed by atoms with Crippen molar-refractivity contribution in [1.82, 2.24) is 0 Å². The van der Waals surface area contributed by atoms with Gasteiger partial charge in [0.05, 0.1) is 5.75 Å². The first-order chi connectivity index (χ1) is 7.46. The Labute approximate surface area is 97.5 Å². The van der Waals surface area contributed by atoms with E-state index in [-0.39, 0.29) is 5.75 Å². The molecule has 2 N–H and O–H groups in total. The number of sulfone groups is 1. The molecule has 1 aliphatic carbocycles. The fourth-order valence-electron chi connectivity index (χ4n) is 2.36. The highest BCUT2D eigenvalue weighted by Crippen LogP contribution is 2.35. The number of nitrogens with two attached hydrogens (primary N) is 1. The average molecular weight is 247 g/mol. The zero-order valence-corrected chi connectivity index (χ0v) is 10.7. The Kier molecular flexibility index (Phi) is 4.35. The van der Waals surface area contributed by atoms with Crippen molar-refractivity contribution in [3.63, 3.8) is 0 Å². The molecule has 16 heavy (non-hydrogen) atoms. The second kappa shape index (κ2) is 5.17. The van der Waals surface area contributed by atoms with Crippen LogP contribution in [0.15, 0.2) is 0 Å². The molecule has 1 aliphatic rings. The summed E-state index contributed by atoms with van der Waals surface area (Å²) in [5.41, 5.74) is 5.34. The molecule has 1 amide bonds. The van der Waals surface area contributed by atoms with Gasteiger partial charge < -0.3 is 5.73 Å². The van der Waals surface area contributed by atoms with Crippen molar-refractivity contribution in [2.75, 3.05) is 5.75 Å². The summed E-state index contributed by atoms with van der Waals surface area (Å²) in [4.78, 5) is 11.5. The van der Waals surface area contributed by atoms with E-state index in [1.807, 2.05) is 6.92 Å². The molecule has 0 atom stereocenters. The highest BCUT2D eigenvalue weighted by Gasteiger charge is 2.48. The highest BCUT2D eigenvalue weighted by molar-refractivity contribution is 7.93. The van der Waals surface area contributed by atoms with Crippen molar-refractivity contribution in [1.29, 1.82) is 0 Å². The molecule has 1 saturated carbocycles. The van der Waals surface area contributed by atoms with E-state index in [4.69, 9.17) is 5.73 Å². The molecule has 5 heteroatoms. The van der Waals surface area contributed by atoms with Crippen molar-refractivity contribution >= 4 is 15.7 Å². The van der Waals surface area contributed by atoms with Gasteiger partial charge in [-0.15, -0.1) is 0 Å². The lowest BCUT2D eigenvalue weighted by molar-refractivity contribution is -0.121. The molecule has 0 saturated heterocycles. The highest BCUT2D eigenvalue weighted by atomic mass is 32.2. The van der Waals surface area contributed by atoms with E-state index >= 15 is 0 Å². The third-order valence-corrected chi connectivity index (χ3v) is 6.10. The van der Waals surface area contributed by atoms with Crippen LogP contribution in [-0.2, 0) is 14.6 Å². The van der Waals surface area contributed by atoms with Gasteiger partial charge >= 0.3 is 0 Å². The first-order valence-corrected chi connectivity index (χ1v) is 7.64. The molecule has 0 bridgehead atoms. The lowest BCUT2D eigenvalue weighted by atomic mass is 9.88. The summed E-state index contributed by atoms with van der Waals surface area (Å²) >= 11 is 0. The van der Waals surface area contributed by atoms with E-state index in [0.717, 1.165) is 25.7 Å². The van der Waals surface area contributed by atoms with Crippen LogP contribution in [0.5, 0.6) is 0 Å². The molecule has 94 valence electrons. The van der Waals surface area contributed by atoms with Crippen molar-refractivity contribution in [3.05, 3.63) is 0 Å². The Morgan fingerprint density at radius 3 is 2.25 bits per heavy atom. The Bertz CT molecular complexity index is 342. The van der Waals surface area contributed by atoms with Crippen LogP contribution in [0.3, 0.4) is 0 Å². The fourth-order valence-corrected chi connectivity index (χ4v) is 4.64. The van der Waals surface area contributed by atoms with Crippen LogP contribution >= 0.6 is 0 Å². The average Bonchev–Trinajstić information content (AvgIpc) is 2.27. The Balaban J connectivity index is 2.96. The molecule has 0 aliphatic heterocycles. The maximum atomic E-state index is 12.2. The van der Waals surface area contributed by atoms with Crippen LogP contribution in [0.1, 0.15) is 51.9 Å². The van der Waals surface area contributed by atoms with Crippen LogP contribution in [0.4, 0.5) is 0 Å². The largest absolute Gasteiger partial charge is 0.368 e. The standard InChI is InChI=1S/C11H21NO3S/c1-2-3-9-16(14,15)11(10(12)13)7-5-4-6-8-11/h2-9H2,1H3,(H2,12,13). The Hall–Kier alpha value is -0.580. The summed E-state index contributed by atoms with van der Waals surface area (Å²) in [6.45, 7) is 1.94. The predicted octanol–water partition coefficient (Wildman–Crippen LogP) is 1.39. The molecule has 0 spiro atoms. The monoisotopic (exact) mass is 247 g/mol. The first kappa shape index (κ1) is 13.5. The molecule has 4 nitrogen and oxygen atoms in total. The first-order valence-electron chi connectivity index (χ1n) is 5.98. The van der Waals surface area contributed by atoms with E-state index in [9.17, 15) is 13.2 Å². The molecule has 0 heterocycles. The third-order valence-electron chi connectivity index (χ3n) is 3.47. The lowest BCUT2D eigenvalue weighted by Crippen LogP contribution is -2.52. The van der Waals surface area contributed by atoms with Crippen LogP contribution in [-0.4, -0.2) is 24.8 Å². The number of amides is 1. The minimum absolute atomic E-state index is 0.0897. The van der Waals surface area contributed by atoms with Gasteiger partial charge in [0, 0.05) is 0 Å².